The second-order valence-corrected chi connectivity index (χ2v) is 4.47. The average molecular weight is 308 g/mol. The summed E-state index contributed by atoms with van der Waals surface area (Å²) in [5.41, 5.74) is 0. The third-order valence-electron chi connectivity index (χ3n) is 2.78. The first kappa shape index (κ1) is 15.8. The van der Waals surface area contributed by atoms with E-state index in [4.69, 9.17) is 9.15 Å². The summed E-state index contributed by atoms with van der Waals surface area (Å²) >= 11 is 0. The first-order valence-corrected chi connectivity index (χ1v) is 6.76. The molecule has 0 bridgehead atoms. The van der Waals surface area contributed by atoms with Crippen LogP contribution in [0.1, 0.15) is 11.9 Å². The molecule has 1 atom stereocenters. The lowest BCUT2D eigenvalue weighted by Crippen LogP contribution is -2.39. The zero-order chi connectivity index (χ0) is 15.8. The maximum absolute atomic E-state index is 12.9. The second-order valence-electron chi connectivity index (χ2n) is 4.47. The lowest BCUT2D eigenvalue weighted by molar-refractivity contribution is 0.147. The van der Waals surface area contributed by atoms with Gasteiger partial charge in [0.2, 0.25) is 0 Å². The van der Waals surface area contributed by atoms with Gasteiger partial charge in [-0.25, -0.2) is 9.18 Å². The van der Waals surface area contributed by atoms with Gasteiger partial charge in [0.25, 0.3) is 0 Å². The van der Waals surface area contributed by atoms with Crippen LogP contribution in [0.25, 0.3) is 0 Å². The van der Waals surface area contributed by atoms with Gasteiger partial charge in [-0.1, -0.05) is 6.07 Å². The van der Waals surface area contributed by atoms with Gasteiger partial charge in [-0.15, -0.1) is 0 Å². The number of aliphatic hydroxyl groups excluding tert-OH is 1. The Kier molecular flexibility index (Phi) is 5.79. The van der Waals surface area contributed by atoms with E-state index < -0.39 is 12.1 Å². The molecule has 0 saturated heterocycles. The summed E-state index contributed by atoms with van der Waals surface area (Å²) in [5.74, 6) is 0.403. The van der Waals surface area contributed by atoms with E-state index in [0.717, 1.165) is 0 Å². The minimum Gasteiger partial charge on any atom is -0.492 e. The molecule has 0 aliphatic rings. The number of amides is 2. The van der Waals surface area contributed by atoms with Crippen molar-refractivity contribution in [2.24, 2.45) is 0 Å². The van der Waals surface area contributed by atoms with Gasteiger partial charge in [-0.3, -0.25) is 0 Å². The number of aliphatic hydroxyl groups is 1. The molecule has 2 aromatic rings. The third-order valence-corrected chi connectivity index (χ3v) is 2.78. The van der Waals surface area contributed by atoms with Crippen LogP contribution in [0, 0.1) is 5.82 Å². The Hall–Kier alpha value is -2.54. The fourth-order valence-corrected chi connectivity index (χ4v) is 1.72. The van der Waals surface area contributed by atoms with Crippen molar-refractivity contribution in [2.45, 2.75) is 6.10 Å². The lowest BCUT2D eigenvalue weighted by atomic mass is 10.3. The second kappa shape index (κ2) is 8.04. The van der Waals surface area contributed by atoms with Gasteiger partial charge in [0.15, 0.2) is 0 Å². The van der Waals surface area contributed by atoms with Gasteiger partial charge in [0.1, 0.15) is 30.0 Å². The molecule has 118 valence electrons. The molecule has 0 aliphatic carbocycles. The Bertz CT molecular complexity index is 589. The van der Waals surface area contributed by atoms with Crippen molar-refractivity contribution in [3.63, 3.8) is 0 Å². The number of halogens is 1. The van der Waals surface area contributed by atoms with Gasteiger partial charge in [-0.05, 0) is 24.3 Å². The van der Waals surface area contributed by atoms with Crippen molar-refractivity contribution in [1.29, 1.82) is 0 Å². The largest absolute Gasteiger partial charge is 0.492 e. The number of carbonyl (C=O) groups is 1. The van der Waals surface area contributed by atoms with Gasteiger partial charge < -0.3 is 24.9 Å². The number of rotatable bonds is 7. The molecule has 1 aromatic carbocycles. The first-order valence-electron chi connectivity index (χ1n) is 6.76. The molecule has 22 heavy (non-hydrogen) atoms. The predicted octanol–water partition coefficient (Wildman–Crippen LogP) is 1.83. The van der Waals surface area contributed by atoms with Gasteiger partial charge in [0, 0.05) is 6.07 Å². The van der Waals surface area contributed by atoms with Gasteiger partial charge in [0.05, 0.1) is 19.4 Å². The van der Waals surface area contributed by atoms with Crippen molar-refractivity contribution in [2.75, 3.05) is 19.7 Å². The highest BCUT2D eigenvalue weighted by molar-refractivity contribution is 5.73. The molecule has 3 N–H and O–H groups in total. The minimum absolute atomic E-state index is 0.0318. The summed E-state index contributed by atoms with van der Waals surface area (Å²) in [7, 11) is 0. The third kappa shape index (κ3) is 5.10. The Morgan fingerprint density at radius 2 is 2.18 bits per heavy atom. The standard InChI is InChI=1S/C15H17FN2O4/c16-11-3-1-4-12(9-11)21-8-6-17-15(20)18-10-13(19)14-5-2-7-22-14/h1-5,7,9,13,19H,6,8,10H2,(H2,17,18,20). The van der Waals surface area contributed by atoms with Gasteiger partial charge in [-0.2, -0.15) is 0 Å². The van der Waals surface area contributed by atoms with E-state index in [-0.39, 0.29) is 25.5 Å². The van der Waals surface area contributed by atoms with E-state index in [1.807, 2.05) is 0 Å². The highest BCUT2D eigenvalue weighted by Gasteiger charge is 2.11. The van der Waals surface area contributed by atoms with Crippen LogP contribution in [-0.4, -0.2) is 30.8 Å². The minimum atomic E-state index is -0.899. The Balaban J connectivity index is 1.60. The van der Waals surface area contributed by atoms with E-state index >= 15 is 0 Å². The fraction of sp³-hybridized carbons (Fsp3) is 0.267. The van der Waals surface area contributed by atoms with Crippen molar-refractivity contribution in [3.05, 3.63) is 54.2 Å². The molecule has 7 heteroatoms. The van der Waals surface area contributed by atoms with E-state index in [2.05, 4.69) is 10.6 Å². The van der Waals surface area contributed by atoms with Crippen LogP contribution in [0.4, 0.5) is 9.18 Å². The number of nitrogens with one attached hydrogen (secondary N) is 2. The topological polar surface area (TPSA) is 83.7 Å². The lowest BCUT2D eigenvalue weighted by Gasteiger charge is -2.11. The summed E-state index contributed by atoms with van der Waals surface area (Å²) in [5, 5.41) is 14.8. The first-order chi connectivity index (χ1) is 10.6. The van der Waals surface area contributed by atoms with E-state index in [0.29, 0.717) is 11.5 Å². The van der Waals surface area contributed by atoms with E-state index in [1.54, 1.807) is 24.3 Å². The van der Waals surface area contributed by atoms with Crippen molar-refractivity contribution >= 4 is 6.03 Å². The number of urea groups is 1. The predicted molar refractivity (Wildman–Crippen MR) is 77.0 cm³/mol. The summed E-state index contributed by atoms with van der Waals surface area (Å²) in [4.78, 5) is 11.5. The molecule has 2 amide bonds. The summed E-state index contributed by atoms with van der Waals surface area (Å²) in [6, 6.07) is 8.60. The molecule has 1 unspecified atom stereocenters. The monoisotopic (exact) mass is 308 g/mol. The SMILES string of the molecule is O=C(NCCOc1cccc(F)c1)NCC(O)c1ccco1. The maximum atomic E-state index is 12.9. The molecule has 0 spiro atoms. The van der Waals surface area contributed by atoms with Crippen molar-refractivity contribution in [3.8, 4) is 5.75 Å². The zero-order valence-corrected chi connectivity index (χ0v) is 11.8. The highest BCUT2D eigenvalue weighted by atomic mass is 19.1. The van der Waals surface area contributed by atoms with Crippen LogP contribution in [0.15, 0.2) is 47.1 Å². The molecule has 6 nitrogen and oxygen atoms in total. The molecule has 0 aliphatic heterocycles. The molecular weight excluding hydrogens is 291 g/mol. The summed E-state index contributed by atoms with van der Waals surface area (Å²) in [6.45, 7) is 0.487. The molecule has 2 rings (SSSR count). The zero-order valence-electron chi connectivity index (χ0n) is 11.8. The molecule has 1 heterocycles. The quantitative estimate of drug-likeness (QED) is 0.681. The molecule has 1 aromatic heterocycles. The summed E-state index contributed by atoms with van der Waals surface area (Å²) < 4.78 is 23.2. The molecule has 0 fully saturated rings. The Morgan fingerprint density at radius 3 is 2.91 bits per heavy atom. The van der Waals surface area contributed by atoms with Crippen LogP contribution in [-0.2, 0) is 0 Å². The number of benzene rings is 1. The summed E-state index contributed by atoms with van der Waals surface area (Å²) in [6.07, 6.45) is 0.548. The Labute approximate surface area is 126 Å². The molecular formula is C15H17FN2O4. The number of carbonyl (C=O) groups excluding carboxylic acids is 1. The molecule has 0 radical (unpaired) electrons. The van der Waals surface area contributed by atoms with Crippen LogP contribution >= 0.6 is 0 Å². The van der Waals surface area contributed by atoms with Crippen LogP contribution in [0.3, 0.4) is 0 Å². The smallest absolute Gasteiger partial charge is 0.315 e. The fourth-order valence-electron chi connectivity index (χ4n) is 1.72. The van der Waals surface area contributed by atoms with Crippen LogP contribution in [0.2, 0.25) is 0 Å². The number of hydrogen-bond acceptors (Lipinski definition) is 4. The highest BCUT2D eigenvalue weighted by Crippen LogP contribution is 2.12. The van der Waals surface area contributed by atoms with Crippen molar-refractivity contribution < 1.29 is 23.4 Å². The average Bonchev–Trinajstić information content (AvgIpc) is 3.04. The Morgan fingerprint density at radius 1 is 1.32 bits per heavy atom. The van der Waals surface area contributed by atoms with Crippen molar-refractivity contribution in [1.82, 2.24) is 10.6 Å². The maximum Gasteiger partial charge on any atom is 0.315 e. The van der Waals surface area contributed by atoms with E-state index in [1.165, 1.54) is 18.4 Å². The van der Waals surface area contributed by atoms with Crippen LogP contribution < -0.4 is 15.4 Å². The normalized spacial score (nSPS) is 11.7. The molecule has 0 saturated carbocycles. The van der Waals surface area contributed by atoms with E-state index in [9.17, 15) is 14.3 Å². The van der Waals surface area contributed by atoms with Gasteiger partial charge >= 0.3 is 6.03 Å². The number of hydrogen-bond donors (Lipinski definition) is 3. The number of furan rings is 1. The van der Waals surface area contributed by atoms with Crippen LogP contribution in [0.5, 0.6) is 5.75 Å². The number of ether oxygens (including phenoxy) is 1.